The molecule has 1 atom stereocenters. The molecule has 0 spiro atoms. The molecular formula is C56H37OP. The largest absolute Gasteiger partial charge is 0.455 e. The first-order valence-electron chi connectivity index (χ1n) is 19.8. The van der Waals surface area contributed by atoms with Crippen LogP contribution in [-0.4, -0.2) is 5.80 Å². The Morgan fingerprint density at radius 3 is 1.95 bits per heavy atom. The Labute approximate surface area is 340 Å². The van der Waals surface area contributed by atoms with E-state index in [1.807, 2.05) is 0 Å². The van der Waals surface area contributed by atoms with Gasteiger partial charge in [-0.15, -0.1) is 8.86 Å². The van der Waals surface area contributed by atoms with Crippen molar-refractivity contribution in [3.63, 3.8) is 0 Å². The lowest BCUT2D eigenvalue weighted by molar-refractivity contribution is 0.668. The topological polar surface area (TPSA) is 13.1 Å². The van der Waals surface area contributed by atoms with Crippen LogP contribution in [0.1, 0.15) is 33.4 Å². The second kappa shape index (κ2) is 13.9. The maximum Gasteiger partial charge on any atom is 0.143 e. The third-order valence-corrected chi connectivity index (χ3v) is 12.5. The zero-order chi connectivity index (χ0) is 38.6. The van der Waals surface area contributed by atoms with Crippen LogP contribution < -0.4 is 0 Å². The molecule has 1 aliphatic carbocycles. The normalized spacial score (nSPS) is 14.8. The molecule has 0 saturated carbocycles. The number of hydrogen-bond donors (Lipinski definition) is 0. The summed E-state index contributed by atoms with van der Waals surface area (Å²) in [6.07, 6.45) is 2.33. The van der Waals surface area contributed by atoms with Crippen molar-refractivity contribution in [2.45, 2.75) is 5.41 Å². The summed E-state index contributed by atoms with van der Waals surface area (Å²) in [5, 5.41) is 4.64. The van der Waals surface area contributed by atoms with Gasteiger partial charge in [0.1, 0.15) is 11.2 Å². The highest BCUT2D eigenvalue weighted by Crippen LogP contribution is 2.53. The Balaban J connectivity index is 1.06. The molecule has 0 aliphatic heterocycles. The van der Waals surface area contributed by atoms with Crippen molar-refractivity contribution in [1.82, 2.24) is 0 Å². The third-order valence-electron chi connectivity index (χ3n) is 12.1. The predicted molar refractivity (Wildman–Crippen MR) is 248 cm³/mol. The van der Waals surface area contributed by atoms with Gasteiger partial charge in [0.15, 0.2) is 0 Å². The van der Waals surface area contributed by atoms with Gasteiger partial charge in [-0.2, -0.15) is 0 Å². The van der Waals surface area contributed by atoms with Gasteiger partial charge in [-0.3, -0.25) is 0 Å². The van der Waals surface area contributed by atoms with E-state index in [-0.39, 0.29) is 0 Å². The quantitative estimate of drug-likeness (QED) is 0.117. The van der Waals surface area contributed by atoms with Crippen LogP contribution in [0.15, 0.2) is 211 Å². The second-order valence-electron chi connectivity index (χ2n) is 15.2. The van der Waals surface area contributed by atoms with E-state index < -0.39 is 5.41 Å². The van der Waals surface area contributed by atoms with Crippen LogP contribution in [0.3, 0.4) is 0 Å². The number of hydrogen-bond acceptors (Lipinski definition) is 1. The van der Waals surface area contributed by atoms with Crippen molar-refractivity contribution in [3.05, 3.63) is 240 Å². The van der Waals surface area contributed by atoms with Gasteiger partial charge in [-0.05, 0) is 108 Å². The molecule has 58 heavy (non-hydrogen) atoms. The first-order valence-corrected chi connectivity index (χ1v) is 20.4. The molecule has 1 nitrogen and oxygen atoms in total. The van der Waals surface area contributed by atoms with E-state index in [1.54, 1.807) is 0 Å². The van der Waals surface area contributed by atoms with E-state index in [1.165, 1.54) is 55.3 Å². The zero-order valence-corrected chi connectivity index (χ0v) is 32.7. The Hall–Kier alpha value is -7.05. The van der Waals surface area contributed by atoms with Crippen molar-refractivity contribution >= 4 is 59.0 Å². The molecule has 11 rings (SSSR count). The van der Waals surface area contributed by atoms with E-state index in [0.29, 0.717) is 0 Å². The Bertz CT molecular complexity index is 3220. The van der Waals surface area contributed by atoms with Crippen molar-refractivity contribution in [2.24, 2.45) is 0 Å². The van der Waals surface area contributed by atoms with Gasteiger partial charge in [-0.1, -0.05) is 188 Å². The SMILES string of the molecule is P=CC1(c2ccccc2)c2ccccc2-c2ccc(-c3ccc4c(c3)oc3c(/C(=C\c5cccc6ccccc56)c5ccc(-c6ccccc6)cc5)cccc34)cc21. The van der Waals surface area contributed by atoms with Crippen LogP contribution in [0.2, 0.25) is 0 Å². The number of fused-ring (bicyclic) bond motifs is 7. The van der Waals surface area contributed by atoms with Crippen LogP contribution in [0.4, 0.5) is 0 Å². The standard InChI is InChI=1S/C56H37OP/c58-36-56(44-18-5-2-6-19-44)52-24-10-9-21-46(52)47-31-29-41(34-53(47)56)42-30-32-48-49-22-12-23-50(55(49)57-54(48)35-42)51(33-43-17-11-16-39-15-7-8-20-45(39)43)40-27-25-38(26-28-40)37-13-3-1-4-14-37/h1-36,58H/b51-33-. The molecule has 9 aromatic carbocycles. The minimum atomic E-state index is -0.426. The van der Waals surface area contributed by atoms with E-state index >= 15 is 0 Å². The van der Waals surface area contributed by atoms with Crippen LogP contribution >= 0.6 is 8.86 Å². The monoisotopic (exact) mass is 756 g/mol. The Morgan fingerprint density at radius 2 is 1.10 bits per heavy atom. The number of rotatable bonds is 7. The molecular weight excluding hydrogens is 720 g/mol. The summed E-state index contributed by atoms with van der Waals surface area (Å²) in [5.41, 5.74) is 16.8. The van der Waals surface area contributed by atoms with Gasteiger partial charge in [0.25, 0.3) is 0 Å². The third kappa shape index (κ3) is 5.43. The zero-order valence-electron chi connectivity index (χ0n) is 31.7. The highest BCUT2D eigenvalue weighted by Gasteiger charge is 2.42. The van der Waals surface area contributed by atoms with Crippen molar-refractivity contribution in [1.29, 1.82) is 0 Å². The predicted octanol–water partition coefficient (Wildman–Crippen LogP) is 14.9. The van der Waals surface area contributed by atoms with Crippen molar-refractivity contribution in [2.75, 3.05) is 0 Å². The minimum Gasteiger partial charge on any atom is -0.455 e. The van der Waals surface area contributed by atoms with Crippen molar-refractivity contribution in [3.8, 4) is 33.4 Å². The summed E-state index contributed by atoms with van der Waals surface area (Å²) < 4.78 is 6.99. The molecule has 0 fully saturated rings. The number of benzene rings is 9. The van der Waals surface area contributed by atoms with Crippen LogP contribution in [-0.2, 0) is 5.41 Å². The molecule has 2 heteroatoms. The van der Waals surface area contributed by atoms with Gasteiger partial charge in [0, 0.05) is 16.3 Å². The van der Waals surface area contributed by atoms with Gasteiger partial charge >= 0.3 is 0 Å². The van der Waals surface area contributed by atoms with Gasteiger partial charge in [0.05, 0.1) is 5.41 Å². The summed E-state index contributed by atoms with van der Waals surface area (Å²) in [6.45, 7) is 0. The van der Waals surface area contributed by atoms with E-state index in [4.69, 9.17) is 4.42 Å². The first kappa shape index (κ1) is 34.2. The first-order chi connectivity index (χ1) is 28.7. The molecule has 1 aliphatic rings. The average molecular weight is 757 g/mol. The van der Waals surface area contributed by atoms with Crippen LogP contribution in [0.5, 0.6) is 0 Å². The smallest absolute Gasteiger partial charge is 0.143 e. The minimum absolute atomic E-state index is 0.426. The summed E-state index contributed by atoms with van der Waals surface area (Å²) in [6, 6.07) is 74.4. The summed E-state index contributed by atoms with van der Waals surface area (Å²) in [7, 11) is 3.94. The number of para-hydroxylation sites is 1. The van der Waals surface area contributed by atoms with Gasteiger partial charge in [0.2, 0.25) is 0 Å². The number of furan rings is 1. The maximum absolute atomic E-state index is 6.99. The van der Waals surface area contributed by atoms with Gasteiger partial charge < -0.3 is 4.42 Å². The highest BCUT2D eigenvalue weighted by atomic mass is 31.0. The molecule has 0 amide bonds. The fraction of sp³-hybridized carbons (Fsp3) is 0.0179. The summed E-state index contributed by atoms with van der Waals surface area (Å²) in [5.74, 6) is 2.18. The maximum atomic E-state index is 6.99. The molecule has 0 N–H and O–H groups in total. The molecule has 0 bridgehead atoms. The van der Waals surface area contributed by atoms with E-state index in [9.17, 15) is 0 Å². The fourth-order valence-corrected chi connectivity index (χ4v) is 9.73. The fourth-order valence-electron chi connectivity index (χ4n) is 9.25. The lowest BCUT2D eigenvalue weighted by atomic mass is 9.74. The van der Waals surface area contributed by atoms with Crippen LogP contribution in [0, 0.1) is 0 Å². The lowest BCUT2D eigenvalue weighted by Gasteiger charge is -2.29. The average Bonchev–Trinajstić information content (AvgIpc) is 3.82. The molecule has 0 radical (unpaired) electrons. The highest BCUT2D eigenvalue weighted by molar-refractivity contribution is 7.18. The van der Waals surface area contributed by atoms with Crippen LogP contribution in [0.25, 0.3) is 77.7 Å². The summed E-state index contributed by atoms with van der Waals surface area (Å²) in [4.78, 5) is 0. The second-order valence-corrected chi connectivity index (χ2v) is 15.5. The van der Waals surface area contributed by atoms with E-state index in [0.717, 1.165) is 49.8 Å². The molecule has 1 heterocycles. The molecule has 272 valence electrons. The molecule has 10 aromatic rings. The van der Waals surface area contributed by atoms with E-state index in [2.05, 4.69) is 227 Å². The Morgan fingerprint density at radius 1 is 0.466 bits per heavy atom. The molecule has 0 saturated heterocycles. The van der Waals surface area contributed by atoms with Crippen molar-refractivity contribution < 1.29 is 4.42 Å². The van der Waals surface area contributed by atoms with Gasteiger partial charge in [-0.25, -0.2) is 0 Å². The molecule has 1 unspecified atom stereocenters. The summed E-state index contributed by atoms with van der Waals surface area (Å²) >= 11 is 0. The molecule has 1 aromatic heterocycles. The lowest BCUT2D eigenvalue weighted by Crippen LogP contribution is -2.27. The Kier molecular flexibility index (Phi) is 8.17.